The first-order valence-electron chi connectivity index (χ1n) is 2.66. The largest absolute Gasteiger partial charge is 0.417 e. The van der Waals surface area contributed by atoms with Gasteiger partial charge in [-0.15, -0.1) is 0 Å². The molecule has 0 aromatic heterocycles. The van der Waals surface area contributed by atoms with E-state index in [4.69, 9.17) is 0 Å². The zero-order valence-electron chi connectivity index (χ0n) is 5.17. The van der Waals surface area contributed by atoms with E-state index in [-0.39, 0.29) is 0 Å². The third kappa shape index (κ3) is 2.26. The van der Waals surface area contributed by atoms with Crippen molar-refractivity contribution >= 4 is 22.6 Å². The fourth-order valence-corrected chi connectivity index (χ4v) is 1.05. The highest BCUT2D eigenvalue weighted by molar-refractivity contribution is 14.1. The zero-order valence-corrected chi connectivity index (χ0v) is 7.32. The summed E-state index contributed by atoms with van der Waals surface area (Å²) in [7, 11) is 0. The molecule has 0 N–H and O–H groups in total. The van der Waals surface area contributed by atoms with E-state index in [1.54, 1.807) is 22.6 Å². The van der Waals surface area contributed by atoms with Crippen molar-refractivity contribution in [2.45, 2.75) is 6.18 Å². The Morgan fingerprint density at radius 3 is 2.36 bits per heavy atom. The van der Waals surface area contributed by atoms with Crippen molar-refractivity contribution in [2.24, 2.45) is 0 Å². The van der Waals surface area contributed by atoms with Gasteiger partial charge in [-0.25, -0.2) is 0 Å². The number of hydrogen-bond donors (Lipinski definition) is 0. The SMILES string of the molecule is FC(F)(F)C1=CC(I)=C=C=C1. The normalized spacial score (nSPS) is 16.4. The Morgan fingerprint density at radius 1 is 1.36 bits per heavy atom. The first kappa shape index (κ1) is 8.65. The minimum atomic E-state index is -4.27. The second kappa shape index (κ2) is 2.89. The van der Waals surface area contributed by atoms with E-state index in [9.17, 15) is 13.2 Å². The van der Waals surface area contributed by atoms with Crippen molar-refractivity contribution < 1.29 is 13.2 Å². The van der Waals surface area contributed by atoms with Crippen LogP contribution in [0.1, 0.15) is 0 Å². The minimum Gasteiger partial charge on any atom is -0.166 e. The van der Waals surface area contributed by atoms with Gasteiger partial charge in [-0.2, -0.15) is 13.2 Å². The van der Waals surface area contributed by atoms with Crippen molar-refractivity contribution in [2.75, 3.05) is 0 Å². The molecule has 1 aliphatic rings. The van der Waals surface area contributed by atoms with Gasteiger partial charge in [0.05, 0.1) is 9.15 Å². The monoisotopic (exact) mass is 270 g/mol. The molecule has 0 aliphatic heterocycles. The summed E-state index contributed by atoms with van der Waals surface area (Å²) in [5, 5.41) is 0. The Labute approximate surface area is 74.9 Å². The van der Waals surface area contributed by atoms with Gasteiger partial charge in [0.2, 0.25) is 0 Å². The van der Waals surface area contributed by atoms with Gasteiger partial charge < -0.3 is 0 Å². The van der Waals surface area contributed by atoms with Crippen LogP contribution in [-0.4, -0.2) is 6.18 Å². The highest BCUT2D eigenvalue weighted by Crippen LogP contribution is 2.29. The van der Waals surface area contributed by atoms with Crippen LogP contribution in [0.15, 0.2) is 32.8 Å². The Balaban J connectivity index is 3.01. The lowest BCUT2D eigenvalue weighted by Gasteiger charge is -2.06. The molecule has 0 aromatic carbocycles. The average Bonchev–Trinajstić information content (AvgIpc) is 1.86. The molecule has 0 aromatic rings. The lowest BCUT2D eigenvalue weighted by atomic mass is 10.2. The molecule has 0 spiro atoms. The van der Waals surface area contributed by atoms with Crippen LogP contribution in [0.4, 0.5) is 13.2 Å². The van der Waals surface area contributed by atoms with Gasteiger partial charge in [0.15, 0.2) is 0 Å². The molecule has 0 heterocycles. The highest BCUT2D eigenvalue weighted by Gasteiger charge is 2.32. The van der Waals surface area contributed by atoms with Gasteiger partial charge >= 0.3 is 6.18 Å². The molecular formula is C7H2F3I. The summed E-state index contributed by atoms with van der Waals surface area (Å²) in [6.45, 7) is 0. The Morgan fingerprint density at radius 2 is 2.00 bits per heavy atom. The van der Waals surface area contributed by atoms with Crippen LogP contribution in [-0.2, 0) is 0 Å². The summed E-state index contributed by atoms with van der Waals surface area (Å²) in [5.74, 6) is 0. The first-order valence-corrected chi connectivity index (χ1v) is 3.74. The summed E-state index contributed by atoms with van der Waals surface area (Å²) >= 11 is 1.76. The van der Waals surface area contributed by atoms with Crippen LogP contribution in [0.2, 0.25) is 0 Å². The summed E-state index contributed by atoms with van der Waals surface area (Å²) < 4.78 is 36.2. The molecule has 0 amide bonds. The molecule has 0 atom stereocenters. The van der Waals surface area contributed by atoms with E-state index in [1.807, 2.05) is 0 Å². The van der Waals surface area contributed by atoms with E-state index in [1.165, 1.54) is 0 Å². The molecule has 58 valence electrons. The fraction of sp³-hybridized carbons (Fsp3) is 0.143. The van der Waals surface area contributed by atoms with Crippen molar-refractivity contribution in [3.05, 3.63) is 32.8 Å². The Hall–Kier alpha value is -0.440. The van der Waals surface area contributed by atoms with Gasteiger partial charge in [0.25, 0.3) is 0 Å². The molecule has 0 radical (unpaired) electrons. The quantitative estimate of drug-likeness (QED) is 0.468. The molecule has 0 nitrogen and oxygen atoms in total. The molecule has 11 heavy (non-hydrogen) atoms. The maximum Gasteiger partial charge on any atom is 0.417 e. The number of hydrogen-bond acceptors (Lipinski definition) is 0. The van der Waals surface area contributed by atoms with Crippen molar-refractivity contribution in [1.29, 1.82) is 0 Å². The molecule has 0 saturated heterocycles. The van der Waals surface area contributed by atoms with E-state index in [2.05, 4.69) is 11.5 Å². The minimum absolute atomic E-state index is 0.414. The third-order valence-corrected chi connectivity index (χ3v) is 1.61. The molecule has 0 saturated carbocycles. The third-order valence-electron chi connectivity index (χ3n) is 1.03. The smallest absolute Gasteiger partial charge is 0.166 e. The van der Waals surface area contributed by atoms with Gasteiger partial charge in [-0.05, 0) is 28.7 Å². The average molecular weight is 270 g/mol. The molecular weight excluding hydrogens is 268 g/mol. The van der Waals surface area contributed by atoms with Crippen LogP contribution in [0.5, 0.6) is 0 Å². The van der Waals surface area contributed by atoms with Crippen molar-refractivity contribution in [3.8, 4) is 0 Å². The standard InChI is InChI=1S/C7H2F3I/c8-7(9,10)5-2-1-3-6(11)4-5/h2,4H. The van der Waals surface area contributed by atoms with Gasteiger partial charge in [-0.3, -0.25) is 0 Å². The number of allylic oxidation sites excluding steroid dienone is 4. The summed E-state index contributed by atoms with van der Waals surface area (Å²) in [6.07, 6.45) is -2.37. The first-order chi connectivity index (χ1) is 5.00. The van der Waals surface area contributed by atoms with Gasteiger partial charge in [0, 0.05) is 6.08 Å². The maximum atomic E-state index is 11.9. The summed E-state index contributed by atoms with van der Waals surface area (Å²) in [6, 6.07) is 0. The second-order valence-corrected chi connectivity index (χ2v) is 3.02. The van der Waals surface area contributed by atoms with Gasteiger partial charge in [-0.1, -0.05) is 11.5 Å². The second-order valence-electron chi connectivity index (χ2n) is 1.86. The van der Waals surface area contributed by atoms with E-state index in [0.29, 0.717) is 3.58 Å². The van der Waals surface area contributed by atoms with Crippen molar-refractivity contribution in [1.82, 2.24) is 0 Å². The topological polar surface area (TPSA) is 0 Å². The van der Waals surface area contributed by atoms with Crippen LogP contribution >= 0.6 is 22.6 Å². The molecule has 1 aliphatic carbocycles. The number of rotatable bonds is 0. The summed E-state index contributed by atoms with van der Waals surface area (Å²) in [5.41, 5.74) is 4.11. The van der Waals surface area contributed by atoms with Crippen LogP contribution in [0.25, 0.3) is 0 Å². The molecule has 4 heteroatoms. The van der Waals surface area contributed by atoms with Crippen LogP contribution < -0.4 is 0 Å². The van der Waals surface area contributed by atoms with E-state index >= 15 is 0 Å². The Bertz CT molecular complexity index is 296. The van der Waals surface area contributed by atoms with Crippen molar-refractivity contribution in [3.63, 3.8) is 0 Å². The molecule has 1 rings (SSSR count). The predicted molar refractivity (Wildman–Crippen MR) is 43.3 cm³/mol. The zero-order chi connectivity index (χ0) is 8.48. The molecule has 0 fully saturated rings. The lowest BCUT2D eigenvalue weighted by molar-refractivity contribution is -0.0881. The number of halogens is 4. The maximum absolute atomic E-state index is 11.9. The molecule has 0 bridgehead atoms. The van der Waals surface area contributed by atoms with E-state index < -0.39 is 11.7 Å². The van der Waals surface area contributed by atoms with Crippen LogP contribution in [0, 0.1) is 0 Å². The Kier molecular flexibility index (Phi) is 2.28. The predicted octanol–water partition coefficient (Wildman–Crippen LogP) is 3.12. The highest BCUT2D eigenvalue weighted by atomic mass is 127. The fourth-order valence-electron chi connectivity index (χ4n) is 0.561. The summed E-state index contributed by atoms with van der Waals surface area (Å²) in [4.78, 5) is 0. The molecule has 0 unspecified atom stereocenters. The van der Waals surface area contributed by atoms with Gasteiger partial charge in [0.1, 0.15) is 0 Å². The van der Waals surface area contributed by atoms with Crippen LogP contribution in [0.3, 0.4) is 0 Å². The number of alkyl halides is 3. The lowest BCUT2D eigenvalue weighted by Crippen LogP contribution is -2.10. The van der Waals surface area contributed by atoms with E-state index in [0.717, 1.165) is 12.2 Å².